The second kappa shape index (κ2) is 13.7. The number of unbranched alkanes of at least 4 members (excludes halogenated alkanes) is 4. The van der Waals surface area contributed by atoms with Crippen LogP contribution in [0.15, 0.2) is 30.3 Å². The number of hydrogen-bond donors (Lipinski definition) is 4. The number of rotatable bonds is 14. The van der Waals surface area contributed by atoms with Crippen LogP contribution < -0.4 is 16.4 Å². The summed E-state index contributed by atoms with van der Waals surface area (Å²) in [6.07, 6.45) is 6.81. The second-order valence-electron chi connectivity index (χ2n) is 5.79. The Morgan fingerprint density at radius 2 is 1.41 bits per heavy atom. The van der Waals surface area contributed by atoms with Crippen molar-refractivity contribution in [2.45, 2.75) is 44.6 Å². The summed E-state index contributed by atoms with van der Waals surface area (Å²) in [5.41, 5.74) is 6.44. The lowest BCUT2D eigenvalue weighted by Crippen LogP contribution is -2.23. The lowest BCUT2D eigenvalue weighted by Gasteiger charge is -2.12. The van der Waals surface area contributed by atoms with Crippen LogP contribution in [0.1, 0.15) is 50.2 Å². The maximum Gasteiger partial charge on any atom is 0.0914 e. The van der Waals surface area contributed by atoms with Gasteiger partial charge in [-0.05, 0) is 57.4 Å². The third kappa shape index (κ3) is 9.90. The Hall–Kier alpha value is -0.940. The molecule has 0 spiro atoms. The van der Waals surface area contributed by atoms with Crippen LogP contribution in [0.25, 0.3) is 0 Å². The van der Waals surface area contributed by atoms with Gasteiger partial charge in [0.25, 0.3) is 0 Å². The van der Waals surface area contributed by atoms with Crippen molar-refractivity contribution in [3.05, 3.63) is 35.9 Å². The van der Waals surface area contributed by atoms with Gasteiger partial charge in [-0.15, -0.1) is 0 Å². The molecule has 0 saturated carbocycles. The van der Waals surface area contributed by atoms with E-state index in [9.17, 15) is 5.11 Å². The summed E-state index contributed by atoms with van der Waals surface area (Å²) in [5.74, 6) is 0. The quantitative estimate of drug-likeness (QED) is 0.398. The highest BCUT2D eigenvalue weighted by molar-refractivity contribution is 5.17. The molecule has 1 aromatic carbocycles. The largest absolute Gasteiger partial charge is 0.387 e. The van der Waals surface area contributed by atoms with E-state index in [1.807, 2.05) is 30.3 Å². The Morgan fingerprint density at radius 3 is 2.05 bits per heavy atom. The smallest absolute Gasteiger partial charge is 0.0914 e. The van der Waals surface area contributed by atoms with Crippen molar-refractivity contribution >= 4 is 0 Å². The van der Waals surface area contributed by atoms with E-state index in [2.05, 4.69) is 10.6 Å². The molecular formula is C18H33N3O. The Balaban J connectivity index is 1.84. The van der Waals surface area contributed by atoms with Gasteiger partial charge in [0, 0.05) is 6.54 Å². The summed E-state index contributed by atoms with van der Waals surface area (Å²) < 4.78 is 0. The third-order valence-corrected chi connectivity index (χ3v) is 3.79. The zero-order chi connectivity index (χ0) is 15.9. The number of benzene rings is 1. The van der Waals surface area contributed by atoms with E-state index >= 15 is 0 Å². The molecule has 0 aromatic heterocycles. The standard InChI is InChI=1S/C18H33N3O/c19-12-6-2-7-13-20-14-8-3-9-15-21-16-18(22)17-10-4-1-5-11-17/h1,4-5,10-11,18,20-22H,2-3,6-9,12-16,19H2. The molecule has 126 valence electrons. The fourth-order valence-corrected chi connectivity index (χ4v) is 2.40. The van der Waals surface area contributed by atoms with Crippen LogP contribution in [0.3, 0.4) is 0 Å². The minimum absolute atomic E-state index is 0.406. The predicted octanol–water partition coefficient (Wildman–Crippen LogP) is 2.20. The number of aliphatic hydroxyl groups excluding tert-OH is 1. The van der Waals surface area contributed by atoms with Crippen molar-refractivity contribution in [2.75, 3.05) is 32.7 Å². The van der Waals surface area contributed by atoms with Crippen molar-refractivity contribution in [2.24, 2.45) is 5.73 Å². The van der Waals surface area contributed by atoms with Crippen molar-refractivity contribution in [1.29, 1.82) is 0 Å². The molecule has 4 heteroatoms. The molecule has 4 nitrogen and oxygen atoms in total. The summed E-state index contributed by atoms with van der Waals surface area (Å²) in [6, 6.07) is 9.82. The van der Waals surface area contributed by atoms with Crippen LogP contribution >= 0.6 is 0 Å². The molecule has 1 aromatic rings. The fraction of sp³-hybridized carbons (Fsp3) is 0.667. The Labute approximate surface area is 135 Å². The maximum absolute atomic E-state index is 10.0. The lowest BCUT2D eigenvalue weighted by atomic mass is 10.1. The van der Waals surface area contributed by atoms with Gasteiger partial charge in [0.2, 0.25) is 0 Å². The average Bonchev–Trinajstić information content (AvgIpc) is 2.56. The first-order valence-electron chi connectivity index (χ1n) is 8.69. The average molecular weight is 307 g/mol. The molecule has 0 aliphatic rings. The molecular weight excluding hydrogens is 274 g/mol. The van der Waals surface area contributed by atoms with Gasteiger partial charge in [-0.2, -0.15) is 0 Å². The molecule has 0 heterocycles. The minimum Gasteiger partial charge on any atom is -0.387 e. The number of nitrogens with one attached hydrogen (secondary N) is 2. The molecule has 1 rings (SSSR count). The van der Waals surface area contributed by atoms with Gasteiger partial charge in [-0.25, -0.2) is 0 Å². The van der Waals surface area contributed by atoms with Gasteiger partial charge in [-0.1, -0.05) is 43.2 Å². The van der Waals surface area contributed by atoms with Gasteiger partial charge < -0.3 is 21.5 Å². The lowest BCUT2D eigenvalue weighted by molar-refractivity contribution is 0.174. The van der Waals surface area contributed by atoms with Crippen LogP contribution in [0, 0.1) is 0 Å². The first kappa shape index (κ1) is 19.1. The summed E-state index contributed by atoms with van der Waals surface area (Å²) in [5, 5.41) is 16.8. The van der Waals surface area contributed by atoms with Gasteiger partial charge in [-0.3, -0.25) is 0 Å². The zero-order valence-electron chi connectivity index (χ0n) is 13.8. The molecule has 0 aliphatic carbocycles. The predicted molar refractivity (Wildman–Crippen MR) is 93.9 cm³/mol. The van der Waals surface area contributed by atoms with Gasteiger partial charge in [0.15, 0.2) is 0 Å². The van der Waals surface area contributed by atoms with Crippen molar-refractivity contribution < 1.29 is 5.11 Å². The van der Waals surface area contributed by atoms with Crippen LogP contribution in [0.5, 0.6) is 0 Å². The SMILES string of the molecule is NCCCCCNCCCCCNCC(O)c1ccccc1. The van der Waals surface area contributed by atoms with Crippen molar-refractivity contribution in [1.82, 2.24) is 10.6 Å². The summed E-state index contributed by atoms with van der Waals surface area (Å²) >= 11 is 0. The molecule has 1 atom stereocenters. The molecule has 0 aliphatic heterocycles. The monoisotopic (exact) mass is 307 g/mol. The maximum atomic E-state index is 10.0. The van der Waals surface area contributed by atoms with E-state index in [1.165, 1.54) is 25.7 Å². The number of nitrogens with two attached hydrogens (primary N) is 1. The Bertz CT molecular complexity index is 345. The van der Waals surface area contributed by atoms with E-state index in [-0.39, 0.29) is 0 Å². The molecule has 0 saturated heterocycles. The highest BCUT2D eigenvalue weighted by atomic mass is 16.3. The molecule has 0 amide bonds. The van der Waals surface area contributed by atoms with Gasteiger partial charge in [0.1, 0.15) is 0 Å². The summed E-state index contributed by atoms with van der Waals surface area (Å²) in [6.45, 7) is 4.63. The Morgan fingerprint density at radius 1 is 0.818 bits per heavy atom. The topological polar surface area (TPSA) is 70.3 Å². The highest BCUT2D eigenvalue weighted by Gasteiger charge is 2.05. The van der Waals surface area contributed by atoms with E-state index in [1.54, 1.807) is 0 Å². The van der Waals surface area contributed by atoms with Crippen LogP contribution in [0.2, 0.25) is 0 Å². The normalized spacial score (nSPS) is 12.5. The van der Waals surface area contributed by atoms with E-state index in [4.69, 9.17) is 5.73 Å². The number of aliphatic hydroxyl groups is 1. The highest BCUT2D eigenvalue weighted by Crippen LogP contribution is 2.10. The molecule has 0 fully saturated rings. The number of hydrogen-bond acceptors (Lipinski definition) is 4. The van der Waals surface area contributed by atoms with Crippen LogP contribution in [-0.4, -0.2) is 37.8 Å². The van der Waals surface area contributed by atoms with Crippen LogP contribution in [0.4, 0.5) is 0 Å². The minimum atomic E-state index is -0.406. The third-order valence-electron chi connectivity index (χ3n) is 3.79. The van der Waals surface area contributed by atoms with Crippen LogP contribution in [-0.2, 0) is 0 Å². The van der Waals surface area contributed by atoms with Gasteiger partial charge >= 0.3 is 0 Å². The van der Waals surface area contributed by atoms with Crippen molar-refractivity contribution in [3.8, 4) is 0 Å². The second-order valence-corrected chi connectivity index (χ2v) is 5.79. The summed E-state index contributed by atoms with van der Waals surface area (Å²) in [7, 11) is 0. The van der Waals surface area contributed by atoms with E-state index in [0.29, 0.717) is 6.54 Å². The summed E-state index contributed by atoms with van der Waals surface area (Å²) in [4.78, 5) is 0. The molecule has 5 N–H and O–H groups in total. The first-order valence-corrected chi connectivity index (χ1v) is 8.69. The Kier molecular flexibility index (Phi) is 11.9. The van der Waals surface area contributed by atoms with Gasteiger partial charge in [0.05, 0.1) is 6.10 Å². The first-order chi connectivity index (χ1) is 10.8. The molecule has 0 radical (unpaired) electrons. The molecule has 1 unspecified atom stereocenters. The molecule has 0 bridgehead atoms. The fourth-order valence-electron chi connectivity index (χ4n) is 2.40. The van der Waals surface area contributed by atoms with Crippen molar-refractivity contribution in [3.63, 3.8) is 0 Å². The van der Waals surface area contributed by atoms with E-state index < -0.39 is 6.10 Å². The molecule has 22 heavy (non-hydrogen) atoms. The zero-order valence-corrected chi connectivity index (χ0v) is 13.8. The van der Waals surface area contributed by atoms with E-state index in [0.717, 1.165) is 44.6 Å².